The third-order valence-electron chi connectivity index (χ3n) is 4.60. The molecule has 3 rings (SSSR count). The Hall–Kier alpha value is -2.52. The molecule has 7 heteroatoms. The number of para-hydroxylation sites is 1. The number of carbonyl (C=O) groups is 3. The van der Waals surface area contributed by atoms with Crippen LogP contribution in [0.3, 0.4) is 0 Å². The van der Waals surface area contributed by atoms with Crippen LogP contribution in [-0.4, -0.2) is 30.6 Å². The zero-order valence-electron chi connectivity index (χ0n) is 17.1. The van der Waals surface area contributed by atoms with Gasteiger partial charge in [-0.1, -0.05) is 52.3 Å². The van der Waals surface area contributed by atoms with Crippen molar-refractivity contribution in [2.75, 3.05) is 13.2 Å². The molecule has 0 aliphatic heterocycles. The SMILES string of the molecule is O=C(CNC(=O)c1ccccc1OCC(=O)Cc1ccc(I)cc1)Cc1ccc(Br)cc1. The molecule has 0 saturated heterocycles. The van der Waals surface area contributed by atoms with Gasteiger partial charge in [0.25, 0.3) is 5.91 Å². The molecule has 0 aliphatic carbocycles. The number of Topliss-reactive ketones (excluding diaryl/α,β-unsaturated/α-hetero) is 2. The van der Waals surface area contributed by atoms with Crippen LogP contribution in [0.4, 0.5) is 0 Å². The van der Waals surface area contributed by atoms with E-state index < -0.39 is 5.91 Å². The molecule has 1 N–H and O–H groups in total. The van der Waals surface area contributed by atoms with Crippen molar-refractivity contribution in [1.82, 2.24) is 5.32 Å². The molecular weight excluding hydrogens is 585 g/mol. The minimum absolute atomic E-state index is 0.0883. The summed E-state index contributed by atoms with van der Waals surface area (Å²) in [5, 5.41) is 2.64. The standard InChI is InChI=1S/C25H21BrINO4/c26-19-9-5-17(6-10-19)13-21(29)15-28-25(31)23-3-1-2-4-24(23)32-16-22(30)14-18-7-11-20(27)12-8-18/h1-12H,13-16H2,(H,28,31). The zero-order valence-corrected chi connectivity index (χ0v) is 20.9. The largest absolute Gasteiger partial charge is 0.485 e. The predicted octanol–water partition coefficient (Wildman–Crippen LogP) is 4.79. The fourth-order valence-corrected chi connectivity index (χ4v) is 3.61. The highest BCUT2D eigenvalue weighted by Crippen LogP contribution is 2.18. The van der Waals surface area contributed by atoms with Gasteiger partial charge in [0.2, 0.25) is 0 Å². The van der Waals surface area contributed by atoms with Crippen molar-refractivity contribution >= 4 is 56.0 Å². The highest BCUT2D eigenvalue weighted by molar-refractivity contribution is 14.1. The van der Waals surface area contributed by atoms with Gasteiger partial charge in [-0.05, 0) is 70.1 Å². The molecule has 5 nitrogen and oxygen atoms in total. The van der Waals surface area contributed by atoms with Gasteiger partial charge in [-0.25, -0.2) is 0 Å². The first-order chi connectivity index (χ1) is 15.4. The van der Waals surface area contributed by atoms with Gasteiger partial charge in [-0.15, -0.1) is 0 Å². The van der Waals surface area contributed by atoms with Crippen LogP contribution in [0.25, 0.3) is 0 Å². The van der Waals surface area contributed by atoms with Gasteiger partial charge in [0.1, 0.15) is 12.4 Å². The minimum atomic E-state index is -0.421. The Morgan fingerprint density at radius 1 is 0.812 bits per heavy atom. The Kier molecular flexibility index (Phi) is 8.99. The van der Waals surface area contributed by atoms with E-state index in [1.165, 1.54) is 0 Å². The number of halogens is 2. The topological polar surface area (TPSA) is 72.5 Å². The molecule has 0 spiro atoms. The molecule has 0 unspecified atom stereocenters. The molecule has 0 fully saturated rings. The van der Waals surface area contributed by atoms with E-state index in [4.69, 9.17) is 4.74 Å². The summed E-state index contributed by atoms with van der Waals surface area (Å²) in [6.45, 7) is -0.228. The van der Waals surface area contributed by atoms with Gasteiger partial charge in [0, 0.05) is 20.9 Å². The highest BCUT2D eigenvalue weighted by atomic mass is 127. The number of nitrogens with one attached hydrogen (secondary N) is 1. The van der Waals surface area contributed by atoms with Gasteiger partial charge in [0.05, 0.1) is 12.1 Å². The molecule has 0 aromatic heterocycles. The molecule has 3 aromatic rings. The van der Waals surface area contributed by atoms with Crippen LogP contribution in [0.1, 0.15) is 21.5 Å². The van der Waals surface area contributed by atoms with Crippen LogP contribution >= 0.6 is 38.5 Å². The Labute approximate surface area is 208 Å². The van der Waals surface area contributed by atoms with Gasteiger partial charge in [-0.3, -0.25) is 14.4 Å². The minimum Gasteiger partial charge on any atom is -0.485 e. The summed E-state index contributed by atoms with van der Waals surface area (Å²) in [4.78, 5) is 37.1. The lowest BCUT2D eigenvalue weighted by Crippen LogP contribution is -2.30. The Morgan fingerprint density at radius 3 is 2.09 bits per heavy atom. The second kappa shape index (κ2) is 11.9. The number of benzene rings is 3. The first-order valence-electron chi connectivity index (χ1n) is 9.93. The lowest BCUT2D eigenvalue weighted by Gasteiger charge is -2.11. The van der Waals surface area contributed by atoms with Gasteiger partial charge < -0.3 is 10.1 Å². The molecule has 0 bridgehead atoms. The maximum atomic E-state index is 12.6. The number of ketones is 2. The number of rotatable bonds is 10. The van der Waals surface area contributed by atoms with E-state index in [2.05, 4.69) is 43.8 Å². The Bertz CT molecular complexity index is 1100. The number of ether oxygens (including phenoxy) is 1. The van der Waals surface area contributed by atoms with Crippen molar-refractivity contribution in [2.45, 2.75) is 12.8 Å². The number of hydrogen-bond donors (Lipinski definition) is 1. The van der Waals surface area contributed by atoms with Gasteiger partial charge in [0.15, 0.2) is 11.6 Å². The zero-order chi connectivity index (χ0) is 22.9. The summed E-state index contributed by atoms with van der Waals surface area (Å²) < 4.78 is 7.67. The molecule has 164 valence electrons. The van der Waals surface area contributed by atoms with E-state index in [9.17, 15) is 14.4 Å². The van der Waals surface area contributed by atoms with Crippen molar-refractivity contribution in [3.05, 3.63) is 97.5 Å². The third-order valence-corrected chi connectivity index (χ3v) is 5.84. The molecular formula is C25H21BrINO4. The summed E-state index contributed by atoms with van der Waals surface area (Å²) in [7, 11) is 0. The second-order valence-corrected chi connectivity index (χ2v) is 9.31. The molecule has 0 aliphatic rings. The Balaban J connectivity index is 1.52. The van der Waals surface area contributed by atoms with E-state index in [1.807, 2.05) is 48.5 Å². The number of carbonyl (C=O) groups excluding carboxylic acids is 3. The van der Waals surface area contributed by atoms with Crippen LogP contribution < -0.4 is 10.1 Å². The fraction of sp³-hybridized carbons (Fsp3) is 0.160. The average Bonchev–Trinajstić information content (AvgIpc) is 2.79. The first-order valence-corrected chi connectivity index (χ1v) is 11.8. The highest BCUT2D eigenvalue weighted by Gasteiger charge is 2.15. The van der Waals surface area contributed by atoms with Crippen molar-refractivity contribution in [3.8, 4) is 5.75 Å². The predicted molar refractivity (Wildman–Crippen MR) is 135 cm³/mol. The first kappa shape index (κ1) is 24.1. The second-order valence-electron chi connectivity index (χ2n) is 7.15. The summed E-state index contributed by atoms with van der Waals surface area (Å²) in [5.74, 6) is -0.311. The smallest absolute Gasteiger partial charge is 0.255 e. The monoisotopic (exact) mass is 605 g/mol. The normalized spacial score (nSPS) is 10.4. The maximum absolute atomic E-state index is 12.6. The Morgan fingerprint density at radius 2 is 1.41 bits per heavy atom. The van der Waals surface area contributed by atoms with Gasteiger partial charge in [-0.2, -0.15) is 0 Å². The van der Waals surface area contributed by atoms with Crippen LogP contribution in [0.15, 0.2) is 77.3 Å². The average molecular weight is 606 g/mol. The van der Waals surface area contributed by atoms with E-state index in [-0.39, 0.29) is 43.1 Å². The van der Waals surface area contributed by atoms with Crippen LogP contribution in [0.5, 0.6) is 5.75 Å². The molecule has 0 atom stereocenters. The van der Waals surface area contributed by atoms with Crippen LogP contribution in [0.2, 0.25) is 0 Å². The quantitative estimate of drug-likeness (QED) is 0.338. The molecule has 3 aromatic carbocycles. The van der Waals surface area contributed by atoms with Crippen LogP contribution in [0, 0.1) is 3.57 Å². The molecule has 0 saturated carbocycles. The summed E-state index contributed by atoms with van der Waals surface area (Å²) >= 11 is 5.57. The molecule has 1 amide bonds. The summed E-state index contributed by atoms with van der Waals surface area (Å²) in [6, 6.07) is 21.9. The number of amides is 1. The maximum Gasteiger partial charge on any atom is 0.255 e. The van der Waals surface area contributed by atoms with E-state index >= 15 is 0 Å². The fourth-order valence-electron chi connectivity index (χ4n) is 2.99. The lowest BCUT2D eigenvalue weighted by atomic mass is 10.1. The van der Waals surface area contributed by atoms with Crippen molar-refractivity contribution in [1.29, 1.82) is 0 Å². The van der Waals surface area contributed by atoms with E-state index in [0.29, 0.717) is 5.75 Å². The summed E-state index contributed by atoms with van der Waals surface area (Å²) in [5.41, 5.74) is 2.07. The van der Waals surface area contributed by atoms with E-state index in [0.717, 1.165) is 19.2 Å². The van der Waals surface area contributed by atoms with E-state index in [1.54, 1.807) is 24.3 Å². The lowest BCUT2D eigenvalue weighted by molar-refractivity contribution is -0.120. The van der Waals surface area contributed by atoms with Crippen molar-refractivity contribution in [2.24, 2.45) is 0 Å². The molecule has 0 radical (unpaired) electrons. The number of hydrogen-bond acceptors (Lipinski definition) is 4. The van der Waals surface area contributed by atoms with Crippen molar-refractivity contribution in [3.63, 3.8) is 0 Å². The van der Waals surface area contributed by atoms with Crippen LogP contribution in [-0.2, 0) is 22.4 Å². The van der Waals surface area contributed by atoms with Crippen molar-refractivity contribution < 1.29 is 19.1 Å². The summed E-state index contributed by atoms with van der Waals surface area (Å²) in [6.07, 6.45) is 0.495. The molecule has 32 heavy (non-hydrogen) atoms. The molecule has 0 heterocycles. The van der Waals surface area contributed by atoms with Gasteiger partial charge >= 0.3 is 0 Å². The third kappa shape index (κ3) is 7.56.